The molecule has 104 valence electrons. The van der Waals surface area contributed by atoms with Gasteiger partial charge in [-0.05, 0) is 98.0 Å². The third-order valence-corrected chi connectivity index (χ3v) is 7.20. The van der Waals surface area contributed by atoms with Gasteiger partial charge in [-0.25, -0.2) is 0 Å². The Morgan fingerprint density at radius 3 is 1.67 bits per heavy atom. The van der Waals surface area contributed by atoms with Crippen LogP contribution in [0.1, 0.15) is 51.4 Å². The first-order valence-electron chi connectivity index (χ1n) is 7.67. The molecule has 4 aliphatic rings. The fourth-order valence-corrected chi connectivity index (χ4v) is 7.15. The fraction of sp³-hybridized carbons (Fsp3) is 1.00. The van der Waals surface area contributed by atoms with Gasteiger partial charge in [0, 0.05) is 0 Å². The Bertz CT molecular complexity index is 259. The van der Waals surface area contributed by atoms with Crippen molar-refractivity contribution >= 4 is 23.5 Å². The highest BCUT2D eigenvalue weighted by atomic mass is 32.2. The average Bonchev–Trinajstić information content (AvgIpc) is 2.32. The van der Waals surface area contributed by atoms with E-state index in [2.05, 4.69) is 36.0 Å². The van der Waals surface area contributed by atoms with E-state index < -0.39 is 0 Å². The van der Waals surface area contributed by atoms with Crippen LogP contribution >= 0.6 is 23.5 Å². The van der Waals surface area contributed by atoms with Crippen LogP contribution in [0, 0.1) is 22.7 Å². The maximum absolute atomic E-state index is 2.28. The molecule has 0 aromatic heterocycles. The molecule has 0 amide bonds. The smallest absolute Gasteiger partial charge is 0.00650 e. The van der Waals surface area contributed by atoms with E-state index >= 15 is 0 Å². The average molecular weight is 285 g/mol. The number of rotatable bonds is 6. The largest absolute Gasteiger partial charge is 0.165 e. The van der Waals surface area contributed by atoms with Gasteiger partial charge in [0.2, 0.25) is 0 Å². The van der Waals surface area contributed by atoms with Crippen LogP contribution in [0.4, 0.5) is 0 Å². The van der Waals surface area contributed by atoms with Crippen LogP contribution in [0.3, 0.4) is 0 Å². The van der Waals surface area contributed by atoms with Crippen LogP contribution < -0.4 is 0 Å². The zero-order valence-corrected chi connectivity index (χ0v) is 13.7. The van der Waals surface area contributed by atoms with Gasteiger partial charge in [0.1, 0.15) is 0 Å². The molecule has 0 spiro atoms. The van der Waals surface area contributed by atoms with Crippen molar-refractivity contribution < 1.29 is 0 Å². The fourth-order valence-electron chi connectivity index (χ4n) is 5.87. The molecule has 4 aliphatic carbocycles. The molecule has 0 radical (unpaired) electrons. The predicted molar refractivity (Wildman–Crippen MR) is 85.5 cm³/mol. The normalized spacial score (nSPS) is 45.7. The summed E-state index contributed by atoms with van der Waals surface area (Å²) in [6.45, 7) is 0. The molecule has 4 saturated carbocycles. The van der Waals surface area contributed by atoms with Crippen molar-refractivity contribution in [1.82, 2.24) is 0 Å². The first-order chi connectivity index (χ1) is 8.69. The van der Waals surface area contributed by atoms with Crippen molar-refractivity contribution in [3.8, 4) is 0 Å². The molecule has 0 aromatic rings. The molecule has 4 rings (SSSR count). The number of hydrogen-bond donors (Lipinski definition) is 0. The lowest BCUT2D eigenvalue weighted by Crippen LogP contribution is -2.52. The lowest BCUT2D eigenvalue weighted by Gasteiger charge is -2.62. The molecule has 4 bridgehead atoms. The third kappa shape index (κ3) is 2.49. The Labute approximate surface area is 121 Å². The quantitative estimate of drug-likeness (QED) is 0.667. The Morgan fingerprint density at radius 2 is 1.28 bits per heavy atom. The molecule has 0 unspecified atom stereocenters. The summed E-state index contributed by atoms with van der Waals surface area (Å²) in [4.78, 5) is 0. The van der Waals surface area contributed by atoms with E-state index in [-0.39, 0.29) is 0 Å². The Kier molecular flexibility index (Phi) is 3.98. The van der Waals surface area contributed by atoms with Gasteiger partial charge >= 0.3 is 0 Å². The number of thioether (sulfide) groups is 2. The minimum atomic E-state index is 0.783. The minimum absolute atomic E-state index is 0.783. The molecule has 0 N–H and O–H groups in total. The van der Waals surface area contributed by atoms with Gasteiger partial charge in [-0.1, -0.05) is 0 Å². The summed E-state index contributed by atoms with van der Waals surface area (Å²) in [5.41, 5.74) is 1.57. The zero-order valence-electron chi connectivity index (χ0n) is 12.0. The Hall–Kier alpha value is 0.700. The predicted octanol–water partition coefficient (Wildman–Crippen LogP) is 5.08. The Morgan fingerprint density at radius 1 is 0.833 bits per heavy atom. The van der Waals surface area contributed by atoms with Crippen LogP contribution in [-0.2, 0) is 0 Å². The van der Waals surface area contributed by atoms with Crippen molar-refractivity contribution in [3.63, 3.8) is 0 Å². The monoisotopic (exact) mass is 284 g/mol. The molecular weight excluding hydrogens is 256 g/mol. The highest BCUT2D eigenvalue weighted by Crippen LogP contribution is 2.67. The summed E-state index contributed by atoms with van der Waals surface area (Å²) < 4.78 is 0. The van der Waals surface area contributed by atoms with Crippen molar-refractivity contribution in [2.24, 2.45) is 22.7 Å². The maximum Gasteiger partial charge on any atom is -0.00650 e. The molecule has 0 nitrogen and oxygen atoms in total. The van der Waals surface area contributed by atoms with E-state index in [1.165, 1.54) is 24.3 Å². The van der Waals surface area contributed by atoms with Gasteiger partial charge in [-0.3, -0.25) is 0 Å². The van der Waals surface area contributed by atoms with E-state index in [1.807, 2.05) is 0 Å². The van der Waals surface area contributed by atoms with E-state index in [0.29, 0.717) is 0 Å². The summed E-state index contributed by atoms with van der Waals surface area (Å²) in [5.74, 6) is 5.01. The second-order valence-corrected chi connectivity index (χ2v) is 9.42. The molecule has 0 aliphatic heterocycles. The van der Waals surface area contributed by atoms with E-state index in [4.69, 9.17) is 0 Å². The summed E-state index contributed by atoms with van der Waals surface area (Å²) >= 11 is 4.13. The second kappa shape index (κ2) is 5.24. The van der Waals surface area contributed by atoms with Crippen LogP contribution in [0.15, 0.2) is 0 Å². The molecule has 18 heavy (non-hydrogen) atoms. The SMILES string of the molecule is CSCCC12CC3CC(C1)CC(CCSC)(C3)C2. The molecule has 0 saturated heterocycles. The maximum atomic E-state index is 2.28. The van der Waals surface area contributed by atoms with Crippen LogP contribution in [0.25, 0.3) is 0 Å². The molecular formula is C16H28S2. The highest BCUT2D eigenvalue weighted by Gasteiger charge is 2.56. The van der Waals surface area contributed by atoms with E-state index in [0.717, 1.165) is 22.7 Å². The van der Waals surface area contributed by atoms with E-state index in [1.54, 1.807) is 38.5 Å². The molecule has 4 fully saturated rings. The van der Waals surface area contributed by atoms with E-state index in [9.17, 15) is 0 Å². The molecule has 0 aromatic carbocycles. The standard InChI is InChI=1S/C16H28S2/c1-17-5-3-15-8-13-7-14(9-15)11-16(10-13,12-15)4-6-18-2/h13-14H,3-12H2,1-2H3. The van der Waals surface area contributed by atoms with Crippen molar-refractivity contribution in [1.29, 1.82) is 0 Å². The van der Waals surface area contributed by atoms with Gasteiger partial charge in [0.25, 0.3) is 0 Å². The third-order valence-electron chi connectivity index (χ3n) is 5.98. The van der Waals surface area contributed by atoms with Crippen LogP contribution in [0.2, 0.25) is 0 Å². The summed E-state index contributed by atoms with van der Waals surface area (Å²) in [6.07, 6.45) is 17.1. The van der Waals surface area contributed by atoms with Crippen LogP contribution in [-0.4, -0.2) is 24.0 Å². The zero-order chi connectivity index (χ0) is 12.6. The van der Waals surface area contributed by atoms with Gasteiger partial charge in [-0.2, -0.15) is 23.5 Å². The van der Waals surface area contributed by atoms with Gasteiger partial charge in [-0.15, -0.1) is 0 Å². The first-order valence-corrected chi connectivity index (χ1v) is 10.5. The molecule has 0 atom stereocenters. The summed E-state index contributed by atoms with van der Waals surface area (Å²) in [6, 6.07) is 0. The van der Waals surface area contributed by atoms with Crippen molar-refractivity contribution in [2.75, 3.05) is 24.0 Å². The molecule has 2 heteroatoms. The molecule has 0 heterocycles. The van der Waals surface area contributed by atoms with Gasteiger partial charge in [0.05, 0.1) is 0 Å². The minimum Gasteiger partial charge on any atom is -0.165 e. The van der Waals surface area contributed by atoms with Crippen molar-refractivity contribution in [2.45, 2.75) is 51.4 Å². The first kappa shape index (κ1) is 13.7. The highest BCUT2D eigenvalue weighted by molar-refractivity contribution is 7.98. The summed E-state index contributed by atoms with van der Waals surface area (Å²) in [7, 11) is 0. The second-order valence-electron chi connectivity index (χ2n) is 7.45. The number of hydrogen-bond acceptors (Lipinski definition) is 2. The lowest BCUT2D eigenvalue weighted by molar-refractivity contribution is -0.112. The lowest BCUT2D eigenvalue weighted by atomic mass is 9.43. The van der Waals surface area contributed by atoms with Crippen LogP contribution in [0.5, 0.6) is 0 Å². The van der Waals surface area contributed by atoms with Gasteiger partial charge in [0.15, 0.2) is 0 Å². The summed E-state index contributed by atoms with van der Waals surface area (Å²) in [5, 5.41) is 0. The Balaban J connectivity index is 1.75. The van der Waals surface area contributed by atoms with Gasteiger partial charge < -0.3 is 0 Å². The topological polar surface area (TPSA) is 0 Å². The van der Waals surface area contributed by atoms with Crippen molar-refractivity contribution in [3.05, 3.63) is 0 Å².